The predicted molar refractivity (Wildman–Crippen MR) is 283 cm³/mol. The number of carboxylic acids is 1. The molecule has 4 fully saturated rings. The van der Waals surface area contributed by atoms with E-state index in [0.717, 1.165) is 44.4 Å². The monoisotopic (exact) mass is 1130 g/mol. The predicted octanol–water partition coefficient (Wildman–Crippen LogP) is 10.5. The molecular weight excluding hydrogens is 1070 g/mol. The number of amides is 6. The highest BCUT2D eigenvalue weighted by Gasteiger charge is 2.38. The second kappa shape index (κ2) is 28.9. The van der Waals surface area contributed by atoms with Crippen molar-refractivity contribution in [2.75, 3.05) is 42.1 Å². The average Bonchev–Trinajstić information content (AvgIpc) is 4.16. The van der Waals surface area contributed by atoms with Gasteiger partial charge in [0.05, 0.1) is 38.2 Å². The lowest BCUT2D eigenvalue weighted by Gasteiger charge is -2.28. The van der Waals surface area contributed by atoms with Crippen LogP contribution in [0.1, 0.15) is 92.9 Å². The number of ether oxygens (including phenoxy) is 2. The number of nitrogens with one attached hydrogen (secondary N) is 4. The van der Waals surface area contributed by atoms with Crippen molar-refractivity contribution in [3.8, 4) is 0 Å². The van der Waals surface area contributed by atoms with E-state index in [0.29, 0.717) is 62.4 Å². The van der Waals surface area contributed by atoms with Crippen molar-refractivity contribution in [1.29, 1.82) is 0 Å². The van der Waals surface area contributed by atoms with Crippen LogP contribution in [0.15, 0.2) is 67.3 Å². The molecule has 1 unspecified atom stereocenters. The quantitative estimate of drug-likeness (QED) is 0.134. The van der Waals surface area contributed by atoms with E-state index in [9.17, 15) is 46.7 Å². The molecule has 3 aromatic rings. The first kappa shape index (κ1) is 63.5. The summed E-state index contributed by atoms with van der Waals surface area (Å²) in [6, 6.07) is 9.31. The maximum absolute atomic E-state index is 13.0. The topological polar surface area (TPSA) is 216 Å². The van der Waals surface area contributed by atoms with E-state index < -0.39 is 64.9 Å². The molecule has 17 nitrogen and oxygen atoms in total. The molecule has 7 rings (SSSR count). The smallest absolute Gasteiger partial charge is 0.411 e. The third-order valence-corrected chi connectivity index (χ3v) is 12.2. The maximum atomic E-state index is 13.0. The Balaban J connectivity index is 0.000000266. The summed E-state index contributed by atoms with van der Waals surface area (Å²) in [6.07, 6.45) is 5.80. The number of carboxylic acid groups (broad SMARTS) is 1. The van der Waals surface area contributed by atoms with E-state index in [2.05, 4.69) is 27.8 Å². The summed E-state index contributed by atoms with van der Waals surface area (Å²) < 4.78 is 49.2. The normalized spacial score (nSPS) is 18.8. The average molecular weight is 1130 g/mol. The molecule has 4 heterocycles. The first-order chi connectivity index (χ1) is 34.7. The number of likely N-dealkylation sites (tertiary alicyclic amines) is 3. The highest BCUT2D eigenvalue weighted by atomic mass is 35.5. The highest BCUT2D eigenvalue weighted by Crippen LogP contribution is 2.28. The molecule has 0 bridgehead atoms. The number of carbonyl (C=O) groups is 7. The molecule has 4 atom stereocenters. The number of halogens is 7. The van der Waals surface area contributed by atoms with E-state index in [-0.39, 0.29) is 57.1 Å². The molecule has 6 amide bonds. The van der Waals surface area contributed by atoms with Gasteiger partial charge in [-0.15, -0.1) is 12.4 Å². The SMILES string of the molecule is C=CC(=O)N1CCC[C@@H]1C(=O)Nc1ccc(F)cc1Cl.CC(C)(C)OC(=O)N1CCC[C@@H]1C(=O)Nc1ccc(F)cc1Cl.CC(C)(C)OC(=O)N1CCC[C@@H]1C(=O)O.Cl.O=C(Nc1ccc(F)cc1Cl)C1CCCN1. The molecule has 4 aliphatic heterocycles. The van der Waals surface area contributed by atoms with E-state index in [4.69, 9.17) is 49.4 Å². The number of rotatable bonds is 8. The van der Waals surface area contributed by atoms with Crippen LogP contribution in [-0.2, 0) is 33.4 Å². The minimum absolute atomic E-state index is 0. The van der Waals surface area contributed by atoms with Crippen molar-refractivity contribution in [2.24, 2.45) is 0 Å². The van der Waals surface area contributed by atoms with Crippen LogP contribution >= 0.6 is 47.2 Å². The first-order valence-corrected chi connectivity index (χ1v) is 25.0. The van der Waals surface area contributed by atoms with Crippen LogP contribution in [0.5, 0.6) is 0 Å². The molecule has 0 aliphatic carbocycles. The Labute approximate surface area is 455 Å². The van der Waals surface area contributed by atoms with Crippen molar-refractivity contribution in [1.82, 2.24) is 20.0 Å². The van der Waals surface area contributed by atoms with Crippen LogP contribution in [0.2, 0.25) is 15.1 Å². The van der Waals surface area contributed by atoms with E-state index in [1.54, 1.807) is 41.5 Å². The van der Waals surface area contributed by atoms with Crippen LogP contribution in [0.25, 0.3) is 0 Å². The molecule has 0 radical (unpaired) electrons. The van der Waals surface area contributed by atoms with Gasteiger partial charge in [-0.1, -0.05) is 41.4 Å². The number of hydrogen-bond acceptors (Lipinski definition) is 10. The Morgan fingerprint density at radius 3 is 1.31 bits per heavy atom. The molecule has 5 N–H and O–H groups in total. The van der Waals surface area contributed by atoms with Gasteiger partial charge in [0.25, 0.3) is 0 Å². The van der Waals surface area contributed by atoms with Gasteiger partial charge in [-0.05, 0) is 160 Å². The molecule has 4 aliphatic rings. The summed E-state index contributed by atoms with van der Waals surface area (Å²) in [6.45, 7) is 16.3. The molecule has 75 heavy (non-hydrogen) atoms. The standard InChI is InChI=1S/C16H20ClFN2O3.C14H14ClFN2O2.C11H12ClFN2O.C10H17NO4.ClH/c1-16(2,3)23-15(22)20-8-4-5-13(20)14(21)19-12-7-6-10(18)9-11(12)17;1-2-13(19)18-7-3-4-12(18)14(20)17-11-6-5-9(16)8-10(11)15;12-8-6-7(13)3-4-9(8)15-11(16)10-2-1-5-14-10;1-10(2,3)15-9(14)11-6-4-5-7(11)8(12)13;/h6-7,9,13H,4-5,8H2,1-3H3,(H,19,21);2,5-6,8,12H,1,3-4,7H2,(H,17,20);3-4,6,10,14H,1-2,5H2,(H,15,16);7H,4-6H2,1-3H3,(H,12,13);1H/t13-;12-;;7-;/m11.1./s1. The Hall–Kier alpha value is -5.80. The molecule has 0 spiro atoms. The fraction of sp³-hybridized carbons (Fsp3) is 0.471. The van der Waals surface area contributed by atoms with Crippen molar-refractivity contribution >= 4 is 106 Å². The van der Waals surface area contributed by atoms with Crippen molar-refractivity contribution in [3.63, 3.8) is 0 Å². The Morgan fingerprint density at radius 1 is 0.600 bits per heavy atom. The third-order valence-electron chi connectivity index (χ3n) is 11.3. The zero-order chi connectivity index (χ0) is 55.1. The molecule has 4 saturated heterocycles. The van der Waals surface area contributed by atoms with Crippen LogP contribution < -0.4 is 21.3 Å². The second-order valence-electron chi connectivity index (χ2n) is 19.4. The fourth-order valence-corrected chi connectivity index (χ4v) is 8.54. The number of aliphatic carboxylic acids is 1. The lowest BCUT2D eigenvalue weighted by molar-refractivity contribution is -0.142. The zero-order valence-corrected chi connectivity index (χ0v) is 45.5. The molecule has 0 saturated carbocycles. The zero-order valence-electron chi connectivity index (χ0n) is 42.4. The van der Waals surface area contributed by atoms with Gasteiger partial charge in [0.15, 0.2) is 0 Å². The number of hydrogen-bond donors (Lipinski definition) is 5. The van der Waals surface area contributed by atoms with Gasteiger partial charge < -0.3 is 40.7 Å². The van der Waals surface area contributed by atoms with E-state index >= 15 is 0 Å². The van der Waals surface area contributed by atoms with Gasteiger partial charge in [-0.25, -0.2) is 27.6 Å². The van der Waals surface area contributed by atoms with Crippen molar-refractivity contribution in [3.05, 3.63) is 99.8 Å². The van der Waals surface area contributed by atoms with Crippen molar-refractivity contribution < 1.29 is 61.3 Å². The maximum Gasteiger partial charge on any atom is 0.411 e. The summed E-state index contributed by atoms with van der Waals surface area (Å²) in [5.41, 5.74) is -0.115. The lowest BCUT2D eigenvalue weighted by atomic mass is 10.2. The van der Waals surface area contributed by atoms with Crippen LogP contribution in [-0.4, -0.2) is 123 Å². The number of anilines is 3. The number of carbonyl (C=O) groups excluding carboxylic acids is 6. The van der Waals surface area contributed by atoms with Gasteiger partial charge in [-0.3, -0.25) is 29.0 Å². The Bertz CT molecular complexity index is 2530. The summed E-state index contributed by atoms with van der Waals surface area (Å²) >= 11 is 17.6. The molecular formula is C51H64Cl4F3N7O10. The highest BCUT2D eigenvalue weighted by molar-refractivity contribution is 6.34. The number of benzene rings is 3. The second-order valence-corrected chi connectivity index (χ2v) is 20.6. The van der Waals surface area contributed by atoms with Gasteiger partial charge in [0, 0.05) is 19.6 Å². The first-order valence-electron chi connectivity index (χ1n) is 23.8. The van der Waals surface area contributed by atoms with Crippen LogP contribution in [0.3, 0.4) is 0 Å². The lowest BCUT2D eigenvalue weighted by Crippen LogP contribution is -2.45. The van der Waals surface area contributed by atoms with E-state index in [1.807, 2.05) is 0 Å². The fourth-order valence-electron chi connectivity index (χ4n) is 7.89. The van der Waals surface area contributed by atoms with Crippen LogP contribution in [0.4, 0.5) is 39.8 Å². The summed E-state index contributed by atoms with van der Waals surface area (Å²) in [5.74, 6) is -3.41. The molecule has 24 heteroatoms. The van der Waals surface area contributed by atoms with Gasteiger partial charge in [0.2, 0.25) is 23.6 Å². The molecule has 3 aromatic carbocycles. The summed E-state index contributed by atoms with van der Waals surface area (Å²) in [7, 11) is 0. The Kier molecular flexibility index (Phi) is 24.5. The summed E-state index contributed by atoms with van der Waals surface area (Å²) in [4.78, 5) is 86.8. The minimum atomic E-state index is -0.960. The van der Waals surface area contributed by atoms with Gasteiger partial charge in [-0.2, -0.15) is 0 Å². The molecule has 0 aromatic heterocycles. The Morgan fingerprint density at radius 2 is 0.960 bits per heavy atom. The van der Waals surface area contributed by atoms with E-state index in [1.165, 1.54) is 63.2 Å². The molecule has 412 valence electrons. The van der Waals surface area contributed by atoms with Gasteiger partial charge in [0.1, 0.15) is 46.8 Å². The summed E-state index contributed by atoms with van der Waals surface area (Å²) in [5, 5.41) is 20.4. The third kappa shape index (κ3) is 20.0. The largest absolute Gasteiger partial charge is 0.480 e. The van der Waals surface area contributed by atoms with Gasteiger partial charge >= 0.3 is 18.2 Å². The van der Waals surface area contributed by atoms with Crippen LogP contribution in [0, 0.1) is 17.5 Å². The minimum Gasteiger partial charge on any atom is -0.480 e. The number of nitrogens with zero attached hydrogens (tertiary/aromatic N) is 3. The van der Waals surface area contributed by atoms with Crippen molar-refractivity contribution in [2.45, 2.75) is 128 Å².